The second kappa shape index (κ2) is 7.87. The minimum atomic E-state index is -3.35. The molecule has 22 heavy (non-hydrogen) atoms. The Morgan fingerprint density at radius 2 is 1.82 bits per heavy atom. The number of carbonyl (C=O) groups excluding carboxylic acids is 1. The fourth-order valence-electron chi connectivity index (χ4n) is 2.57. The van der Waals surface area contributed by atoms with Crippen molar-refractivity contribution in [2.75, 3.05) is 18.1 Å². The smallest absolute Gasteiger partial charge is 0.235 e. The van der Waals surface area contributed by atoms with Crippen molar-refractivity contribution in [1.82, 2.24) is 5.32 Å². The first-order valence-electron chi connectivity index (χ1n) is 7.41. The van der Waals surface area contributed by atoms with Crippen molar-refractivity contribution in [2.45, 2.75) is 35.8 Å². The number of hydrogen-bond donors (Lipinski definition) is 1. The average Bonchev–Trinajstić information content (AvgIpc) is 3.02. The summed E-state index contributed by atoms with van der Waals surface area (Å²) in [5, 5.41) is 2.19. The molecule has 0 bridgehead atoms. The van der Waals surface area contributed by atoms with Crippen LogP contribution >= 0.6 is 0 Å². The molecule has 1 amide bonds. The number of amides is 1. The highest BCUT2D eigenvalue weighted by Gasteiger charge is 2.30. The number of rotatable bonds is 7. The molecule has 1 N–H and O–H groups in total. The molecule has 0 spiro atoms. The van der Waals surface area contributed by atoms with Gasteiger partial charge in [-0.05, 0) is 25.0 Å². The molecular weight excluding hydrogens is 322 g/mol. The molecule has 1 atom stereocenters. The van der Waals surface area contributed by atoms with Gasteiger partial charge in [-0.2, -0.15) is 0 Å². The van der Waals surface area contributed by atoms with Gasteiger partial charge in [-0.25, -0.2) is 8.42 Å². The molecule has 1 saturated carbocycles. The van der Waals surface area contributed by atoms with Crippen molar-refractivity contribution in [3.05, 3.63) is 30.3 Å². The van der Waals surface area contributed by atoms with Gasteiger partial charge in [0.1, 0.15) is 5.75 Å². The molecule has 5 nitrogen and oxygen atoms in total. The molecule has 0 radical (unpaired) electrons. The summed E-state index contributed by atoms with van der Waals surface area (Å²) in [6.45, 7) is 0.209. The third-order valence-corrected chi connectivity index (χ3v) is 7.28. The Kier molecular flexibility index (Phi) is 6.14. The van der Waals surface area contributed by atoms with E-state index >= 15 is 0 Å². The summed E-state index contributed by atoms with van der Waals surface area (Å²) >= 11 is 0. The van der Waals surface area contributed by atoms with E-state index in [1.165, 1.54) is 0 Å². The lowest BCUT2D eigenvalue weighted by atomic mass is 10.4. The minimum Gasteiger partial charge on any atom is -0.354 e. The van der Waals surface area contributed by atoms with Gasteiger partial charge in [0.2, 0.25) is 5.91 Å². The molecule has 0 saturated heterocycles. The Hall–Kier alpha value is -1.21. The molecular formula is C15H21NO4S2. The van der Waals surface area contributed by atoms with Crippen molar-refractivity contribution in [2.24, 2.45) is 0 Å². The maximum Gasteiger partial charge on any atom is 0.235 e. The van der Waals surface area contributed by atoms with Crippen molar-refractivity contribution in [3.63, 3.8) is 0 Å². The first kappa shape index (κ1) is 17.1. The summed E-state index contributed by atoms with van der Waals surface area (Å²) in [5.41, 5.74) is 0. The van der Waals surface area contributed by atoms with Gasteiger partial charge in [0.05, 0.1) is 16.0 Å². The number of sulfone groups is 1. The van der Waals surface area contributed by atoms with E-state index in [0.29, 0.717) is 17.7 Å². The fraction of sp³-hybridized carbons (Fsp3) is 0.533. The van der Waals surface area contributed by atoms with Crippen molar-refractivity contribution < 1.29 is 17.4 Å². The van der Waals surface area contributed by atoms with Gasteiger partial charge in [0.15, 0.2) is 9.84 Å². The summed E-state index contributed by atoms with van der Waals surface area (Å²) in [6.07, 6.45) is 3.16. The van der Waals surface area contributed by atoms with Gasteiger partial charge in [-0.3, -0.25) is 9.00 Å². The van der Waals surface area contributed by atoms with Crippen molar-refractivity contribution in [3.8, 4) is 0 Å². The van der Waals surface area contributed by atoms with Crippen LogP contribution in [0.2, 0.25) is 0 Å². The lowest BCUT2D eigenvalue weighted by Crippen LogP contribution is -2.35. The standard InChI is InChI=1S/C15H21NO4S2/c17-15(12-22(19,20)14-8-4-5-9-14)16-10-11-21(18)13-6-2-1-3-7-13/h1-3,6-7,14H,4-5,8-12H2,(H,16,17)/t21-/m1/s1. The van der Waals surface area contributed by atoms with E-state index in [2.05, 4.69) is 5.32 Å². The first-order chi connectivity index (χ1) is 10.5. The summed E-state index contributed by atoms with van der Waals surface area (Å²) in [7, 11) is -4.54. The minimum absolute atomic E-state index is 0.209. The lowest BCUT2D eigenvalue weighted by Gasteiger charge is -2.11. The molecule has 2 rings (SSSR count). The number of carbonyl (C=O) groups is 1. The number of hydrogen-bond acceptors (Lipinski definition) is 4. The highest BCUT2D eigenvalue weighted by Crippen LogP contribution is 2.25. The largest absolute Gasteiger partial charge is 0.354 e. The predicted octanol–water partition coefficient (Wildman–Crippen LogP) is 1.27. The van der Waals surface area contributed by atoms with Gasteiger partial charge >= 0.3 is 0 Å². The van der Waals surface area contributed by atoms with Crippen LogP contribution in [0.25, 0.3) is 0 Å². The molecule has 122 valence electrons. The number of nitrogens with one attached hydrogen (secondary N) is 1. The Balaban J connectivity index is 1.75. The fourth-order valence-corrected chi connectivity index (χ4v) is 5.31. The predicted molar refractivity (Wildman–Crippen MR) is 86.8 cm³/mol. The third kappa shape index (κ3) is 4.91. The van der Waals surface area contributed by atoms with E-state index in [9.17, 15) is 17.4 Å². The van der Waals surface area contributed by atoms with Crippen LogP contribution in [-0.4, -0.2) is 41.8 Å². The quantitative estimate of drug-likeness (QED) is 0.808. The van der Waals surface area contributed by atoms with Crippen LogP contribution in [-0.2, 0) is 25.4 Å². The van der Waals surface area contributed by atoms with Gasteiger partial charge < -0.3 is 5.32 Å². The molecule has 1 aromatic rings. The van der Waals surface area contributed by atoms with Crippen LogP contribution < -0.4 is 5.32 Å². The zero-order valence-electron chi connectivity index (χ0n) is 12.4. The second-order valence-electron chi connectivity index (χ2n) is 5.43. The Morgan fingerprint density at radius 3 is 2.45 bits per heavy atom. The molecule has 7 heteroatoms. The van der Waals surface area contributed by atoms with Gasteiger partial charge in [-0.15, -0.1) is 0 Å². The summed E-state index contributed by atoms with van der Waals surface area (Å²) in [5.74, 6) is -0.688. The summed E-state index contributed by atoms with van der Waals surface area (Å²) in [4.78, 5) is 12.4. The Labute approximate surface area is 133 Å². The topological polar surface area (TPSA) is 80.3 Å². The maximum absolute atomic E-state index is 12.0. The molecule has 1 aliphatic rings. The molecule has 1 fully saturated rings. The monoisotopic (exact) mass is 343 g/mol. The second-order valence-corrected chi connectivity index (χ2v) is 9.28. The summed E-state index contributed by atoms with van der Waals surface area (Å²) in [6, 6.07) is 8.99. The van der Waals surface area contributed by atoms with Crippen LogP contribution in [0.1, 0.15) is 25.7 Å². The van der Waals surface area contributed by atoms with E-state index in [1.54, 1.807) is 24.3 Å². The molecule has 1 aromatic carbocycles. The highest BCUT2D eigenvalue weighted by atomic mass is 32.2. The maximum atomic E-state index is 12.0. The van der Waals surface area contributed by atoms with E-state index in [1.807, 2.05) is 6.07 Å². The molecule has 1 aliphatic carbocycles. The molecule has 0 aromatic heterocycles. The lowest BCUT2D eigenvalue weighted by molar-refractivity contribution is -0.118. The Bertz CT molecular complexity index is 622. The first-order valence-corrected chi connectivity index (χ1v) is 10.4. The van der Waals surface area contributed by atoms with Crippen molar-refractivity contribution in [1.29, 1.82) is 0 Å². The van der Waals surface area contributed by atoms with Crippen molar-refractivity contribution >= 4 is 26.5 Å². The van der Waals surface area contributed by atoms with Gasteiger partial charge in [0.25, 0.3) is 0 Å². The molecule has 0 unspecified atom stereocenters. The van der Waals surface area contributed by atoms with E-state index in [-0.39, 0.29) is 17.5 Å². The Morgan fingerprint density at radius 1 is 1.18 bits per heavy atom. The molecule has 0 aliphatic heterocycles. The third-order valence-electron chi connectivity index (χ3n) is 3.76. The average molecular weight is 343 g/mol. The van der Waals surface area contributed by atoms with Gasteiger partial charge in [-0.1, -0.05) is 31.0 Å². The van der Waals surface area contributed by atoms with Crippen LogP contribution in [0.3, 0.4) is 0 Å². The van der Waals surface area contributed by atoms with Gasteiger partial charge in [0, 0.05) is 17.2 Å². The number of benzene rings is 1. The van der Waals surface area contributed by atoms with E-state index in [4.69, 9.17) is 0 Å². The van der Waals surface area contributed by atoms with Crippen LogP contribution in [0.5, 0.6) is 0 Å². The van der Waals surface area contributed by atoms with E-state index in [0.717, 1.165) is 12.8 Å². The zero-order chi connectivity index (χ0) is 16.0. The molecule has 0 heterocycles. The zero-order valence-corrected chi connectivity index (χ0v) is 14.0. The van der Waals surface area contributed by atoms with Crippen LogP contribution in [0.4, 0.5) is 0 Å². The van der Waals surface area contributed by atoms with E-state index < -0.39 is 32.3 Å². The highest BCUT2D eigenvalue weighted by molar-refractivity contribution is 7.92. The van der Waals surface area contributed by atoms with Crippen LogP contribution in [0, 0.1) is 0 Å². The van der Waals surface area contributed by atoms with Crippen LogP contribution in [0.15, 0.2) is 35.2 Å². The normalized spacial score (nSPS) is 17.3. The SMILES string of the molecule is O=C(CS(=O)(=O)C1CCCC1)NCC[S@@](=O)c1ccccc1. The summed E-state index contributed by atoms with van der Waals surface area (Å²) < 4.78 is 36.0.